The van der Waals surface area contributed by atoms with Crippen molar-refractivity contribution in [1.82, 2.24) is 9.55 Å². The normalized spacial score (nSPS) is 20.3. The van der Waals surface area contributed by atoms with E-state index in [1.807, 2.05) is 45.0 Å². The van der Waals surface area contributed by atoms with Crippen LogP contribution in [0.4, 0.5) is 0 Å². The SMILES string of the molecule is CCC1(OC(C)C)C(=O)OCc2c1cc1n(c2=O)Cc2cc3cc4c(cc3nc2-1)OCO4. The van der Waals surface area contributed by atoms with E-state index in [-0.39, 0.29) is 25.1 Å². The highest BCUT2D eigenvalue weighted by Gasteiger charge is 2.48. The Morgan fingerprint density at radius 1 is 1.12 bits per heavy atom. The third-order valence-electron chi connectivity index (χ3n) is 6.41. The standard InChI is InChI=1S/C24H22N2O6/c1-4-24(32-12(2)3)16-7-18-21-14(9-26(18)22(27)15(16)10-29-23(24)28)5-13-6-19-20(31-11-30-19)8-17(13)25-21/h5-8,12H,4,9-11H2,1-3H3. The van der Waals surface area contributed by atoms with Crippen LogP contribution < -0.4 is 15.0 Å². The number of benzene rings is 1. The largest absolute Gasteiger partial charge is 0.458 e. The molecule has 0 N–H and O–H groups in total. The topological polar surface area (TPSA) is 88.9 Å². The highest BCUT2D eigenvalue weighted by atomic mass is 16.7. The average molecular weight is 434 g/mol. The zero-order chi connectivity index (χ0) is 22.2. The lowest BCUT2D eigenvalue weighted by Gasteiger charge is -2.37. The van der Waals surface area contributed by atoms with Crippen LogP contribution >= 0.6 is 0 Å². The average Bonchev–Trinajstić information content (AvgIpc) is 3.36. The van der Waals surface area contributed by atoms with E-state index in [9.17, 15) is 9.59 Å². The highest BCUT2D eigenvalue weighted by Crippen LogP contribution is 2.42. The Bertz CT molecular complexity index is 1380. The van der Waals surface area contributed by atoms with Crippen molar-refractivity contribution in [3.8, 4) is 22.9 Å². The minimum atomic E-state index is -1.30. The third-order valence-corrected chi connectivity index (χ3v) is 6.41. The Morgan fingerprint density at radius 3 is 2.66 bits per heavy atom. The number of hydrogen-bond donors (Lipinski definition) is 0. The third kappa shape index (κ3) is 2.50. The smallest absolute Gasteiger partial charge is 0.343 e. The maximum absolute atomic E-state index is 13.5. The number of aromatic nitrogens is 2. The molecule has 0 spiro atoms. The Labute approximate surface area is 183 Å². The van der Waals surface area contributed by atoms with E-state index in [0.717, 1.165) is 22.2 Å². The van der Waals surface area contributed by atoms with Gasteiger partial charge in [0, 0.05) is 22.6 Å². The van der Waals surface area contributed by atoms with Crippen LogP contribution in [0.3, 0.4) is 0 Å². The molecule has 1 unspecified atom stereocenters. The summed E-state index contributed by atoms with van der Waals surface area (Å²) < 4.78 is 24.2. The van der Waals surface area contributed by atoms with Gasteiger partial charge in [0.1, 0.15) is 6.61 Å². The van der Waals surface area contributed by atoms with Crippen molar-refractivity contribution in [2.24, 2.45) is 0 Å². The minimum absolute atomic E-state index is 0.0520. The fourth-order valence-electron chi connectivity index (χ4n) is 4.96. The fourth-order valence-corrected chi connectivity index (χ4v) is 4.96. The second kappa shape index (κ2) is 6.56. The van der Waals surface area contributed by atoms with Crippen LogP contribution in [-0.4, -0.2) is 28.4 Å². The molecule has 2 aromatic heterocycles. The van der Waals surface area contributed by atoms with Crippen molar-refractivity contribution in [2.45, 2.75) is 52.0 Å². The van der Waals surface area contributed by atoms with Crippen molar-refractivity contribution in [3.63, 3.8) is 0 Å². The van der Waals surface area contributed by atoms with Crippen LogP contribution in [0.25, 0.3) is 22.3 Å². The van der Waals surface area contributed by atoms with E-state index in [1.54, 1.807) is 4.57 Å². The molecule has 1 atom stereocenters. The molecule has 0 saturated heterocycles. The molecular formula is C24H22N2O6. The van der Waals surface area contributed by atoms with Gasteiger partial charge < -0.3 is 23.5 Å². The van der Waals surface area contributed by atoms with Gasteiger partial charge >= 0.3 is 5.97 Å². The number of fused-ring (bicyclic) bond motifs is 6. The number of hydrogen-bond acceptors (Lipinski definition) is 7. The van der Waals surface area contributed by atoms with Crippen LogP contribution in [0.1, 0.15) is 43.9 Å². The Morgan fingerprint density at radius 2 is 1.91 bits per heavy atom. The summed E-state index contributed by atoms with van der Waals surface area (Å²) in [5, 5.41) is 0.920. The summed E-state index contributed by atoms with van der Waals surface area (Å²) in [6.07, 6.45) is 0.143. The van der Waals surface area contributed by atoms with E-state index in [1.165, 1.54) is 0 Å². The van der Waals surface area contributed by atoms with Crippen LogP contribution in [-0.2, 0) is 33.0 Å². The van der Waals surface area contributed by atoms with Gasteiger partial charge in [0.15, 0.2) is 17.1 Å². The van der Waals surface area contributed by atoms with Crippen molar-refractivity contribution < 1.29 is 23.7 Å². The van der Waals surface area contributed by atoms with Gasteiger partial charge in [-0.2, -0.15) is 0 Å². The Hall–Kier alpha value is -3.39. The molecule has 3 aromatic rings. The molecule has 164 valence electrons. The summed E-state index contributed by atoms with van der Waals surface area (Å²) in [6.45, 7) is 6.15. The molecule has 3 aliphatic rings. The minimum Gasteiger partial charge on any atom is -0.458 e. The van der Waals surface area contributed by atoms with Gasteiger partial charge in [0.2, 0.25) is 6.79 Å². The Balaban J connectivity index is 1.58. The van der Waals surface area contributed by atoms with Gasteiger partial charge in [-0.05, 0) is 38.5 Å². The Kier molecular flexibility index (Phi) is 3.96. The zero-order valence-corrected chi connectivity index (χ0v) is 18.1. The number of nitrogens with zero attached hydrogens (tertiary/aromatic N) is 2. The lowest BCUT2D eigenvalue weighted by molar-refractivity contribution is -0.187. The molecule has 3 aliphatic heterocycles. The maximum atomic E-state index is 13.5. The summed E-state index contributed by atoms with van der Waals surface area (Å²) in [5.41, 5.74) is 2.68. The van der Waals surface area contributed by atoms with Gasteiger partial charge in [0.25, 0.3) is 5.56 Å². The summed E-state index contributed by atoms with van der Waals surface area (Å²) >= 11 is 0. The number of carbonyl (C=O) groups is 1. The summed E-state index contributed by atoms with van der Waals surface area (Å²) in [4.78, 5) is 31.2. The van der Waals surface area contributed by atoms with Gasteiger partial charge in [-0.1, -0.05) is 6.92 Å². The fraction of sp³-hybridized carbons (Fsp3) is 0.375. The highest BCUT2D eigenvalue weighted by molar-refractivity contribution is 5.88. The molecule has 0 radical (unpaired) electrons. The van der Waals surface area contributed by atoms with E-state index in [4.69, 9.17) is 23.9 Å². The lowest BCUT2D eigenvalue weighted by Crippen LogP contribution is -2.47. The summed E-state index contributed by atoms with van der Waals surface area (Å²) in [5.74, 6) is 0.892. The van der Waals surface area contributed by atoms with Gasteiger partial charge in [0.05, 0.1) is 35.1 Å². The van der Waals surface area contributed by atoms with Gasteiger partial charge in [-0.25, -0.2) is 9.78 Å². The van der Waals surface area contributed by atoms with E-state index in [2.05, 4.69) is 0 Å². The molecular weight excluding hydrogens is 412 g/mol. The second-order valence-electron chi connectivity index (χ2n) is 8.63. The number of rotatable bonds is 3. The molecule has 8 nitrogen and oxygen atoms in total. The molecule has 5 heterocycles. The summed E-state index contributed by atoms with van der Waals surface area (Å²) in [7, 11) is 0. The van der Waals surface area contributed by atoms with Crippen molar-refractivity contribution in [1.29, 1.82) is 0 Å². The van der Waals surface area contributed by atoms with Crippen LogP contribution in [0.15, 0.2) is 29.1 Å². The molecule has 8 heteroatoms. The molecule has 1 aromatic carbocycles. The van der Waals surface area contributed by atoms with Crippen LogP contribution in [0.5, 0.6) is 11.5 Å². The second-order valence-corrected chi connectivity index (χ2v) is 8.63. The first-order valence-corrected chi connectivity index (χ1v) is 10.8. The predicted molar refractivity (Wildman–Crippen MR) is 115 cm³/mol. The molecule has 0 bridgehead atoms. The van der Waals surface area contributed by atoms with E-state index in [0.29, 0.717) is 41.3 Å². The quantitative estimate of drug-likeness (QED) is 0.457. The monoisotopic (exact) mass is 434 g/mol. The molecule has 0 fully saturated rings. The lowest BCUT2D eigenvalue weighted by atomic mass is 9.85. The van der Waals surface area contributed by atoms with Crippen molar-refractivity contribution in [3.05, 3.63) is 51.3 Å². The first-order valence-electron chi connectivity index (χ1n) is 10.8. The van der Waals surface area contributed by atoms with E-state index < -0.39 is 11.6 Å². The van der Waals surface area contributed by atoms with Crippen molar-refractivity contribution >= 4 is 16.9 Å². The van der Waals surface area contributed by atoms with Gasteiger partial charge in [-0.15, -0.1) is 0 Å². The zero-order valence-electron chi connectivity index (χ0n) is 18.1. The first kappa shape index (κ1) is 19.3. The van der Waals surface area contributed by atoms with Gasteiger partial charge in [-0.3, -0.25) is 4.79 Å². The molecule has 0 amide bonds. The first-order chi connectivity index (χ1) is 15.4. The molecule has 0 aliphatic carbocycles. The number of cyclic esters (lactones) is 1. The van der Waals surface area contributed by atoms with E-state index >= 15 is 0 Å². The predicted octanol–water partition coefficient (Wildman–Crippen LogP) is 3.24. The van der Waals surface area contributed by atoms with Crippen LogP contribution in [0, 0.1) is 0 Å². The molecule has 6 rings (SSSR count). The molecule has 0 saturated carbocycles. The number of esters is 1. The summed E-state index contributed by atoms with van der Waals surface area (Å²) in [6, 6.07) is 7.69. The number of ether oxygens (including phenoxy) is 4. The van der Waals surface area contributed by atoms with Crippen LogP contribution in [0.2, 0.25) is 0 Å². The molecule has 32 heavy (non-hydrogen) atoms. The van der Waals surface area contributed by atoms with Crippen molar-refractivity contribution in [2.75, 3.05) is 6.79 Å². The maximum Gasteiger partial charge on any atom is 0.343 e. The number of carbonyl (C=O) groups excluding carboxylic acids is 1. The number of pyridine rings is 2.